The Hall–Kier alpha value is -1.79. The van der Waals surface area contributed by atoms with Gasteiger partial charge in [-0.25, -0.2) is 0 Å². The average molecular weight is 464 g/mol. The summed E-state index contributed by atoms with van der Waals surface area (Å²) in [5, 5.41) is 15.5. The summed E-state index contributed by atoms with van der Waals surface area (Å²) < 4.78 is 7.54. The SMILES string of the molecule is COC1C2[C@@H]3CC[C@@H]4[C@H](CC[C@]5(C)[C@@H](C(=O)Cn6ncc7ncccc76)CC[C@@H]45)[C@H]3CC[C@]12O. The van der Waals surface area contributed by atoms with Crippen LogP contribution in [0.2, 0.25) is 0 Å². The molecule has 0 amide bonds. The van der Waals surface area contributed by atoms with Crippen LogP contribution in [0.15, 0.2) is 24.5 Å². The highest BCUT2D eigenvalue weighted by Crippen LogP contribution is 2.69. The van der Waals surface area contributed by atoms with E-state index in [0.717, 1.165) is 48.0 Å². The highest BCUT2D eigenvalue weighted by atomic mass is 16.5. The molecule has 0 bridgehead atoms. The van der Waals surface area contributed by atoms with Crippen molar-refractivity contribution in [2.75, 3.05) is 7.11 Å². The number of hydrogen-bond acceptors (Lipinski definition) is 5. The van der Waals surface area contributed by atoms with Gasteiger partial charge in [-0.05, 0) is 98.5 Å². The van der Waals surface area contributed by atoms with E-state index in [1.54, 1.807) is 19.5 Å². The third-order valence-corrected chi connectivity index (χ3v) is 11.4. The first-order chi connectivity index (χ1) is 16.5. The van der Waals surface area contributed by atoms with E-state index in [9.17, 15) is 9.90 Å². The van der Waals surface area contributed by atoms with Gasteiger partial charge < -0.3 is 9.84 Å². The van der Waals surface area contributed by atoms with Gasteiger partial charge in [-0.2, -0.15) is 5.10 Å². The molecule has 6 nitrogen and oxygen atoms in total. The van der Waals surface area contributed by atoms with Gasteiger partial charge in [0.1, 0.15) is 12.1 Å². The minimum atomic E-state index is -0.539. The van der Waals surface area contributed by atoms with Gasteiger partial charge in [-0.3, -0.25) is 14.5 Å². The van der Waals surface area contributed by atoms with Gasteiger partial charge in [0.25, 0.3) is 0 Å². The Bertz CT molecular complexity index is 1130. The summed E-state index contributed by atoms with van der Waals surface area (Å²) in [6, 6.07) is 3.92. The summed E-state index contributed by atoms with van der Waals surface area (Å²) in [6.07, 6.45) is 12.8. The number of hydrogen-bond donors (Lipinski definition) is 1. The second-order valence-corrected chi connectivity index (χ2v) is 12.4. The number of ketones is 1. The van der Waals surface area contributed by atoms with Gasteiger partial charge in [0.15, 0.2) is 5.78 Å². The first-order valence-corrected chi connectivity index (χ1v) is 13.5. The largest absolute Gasteiger partial charge is 0.387 e. The Kier molecular flexibility index (Phi) is 4.65. The molecule has 5 saturated carbocycles. The maximum absolute atomic E-state index is 13.6. The number of carbonyl (C=O) groups is 1. The summed E-state index contributed by atoms with van der Waals surface area (Å²) in [6.45, 7) is 2.79. The van der Waals surface area contributed by atoms with Crippen LogP contribution in [0.3, 0.4) is 0 Å². The number of carbonyl (C=O) groups excluding carboxylic acids is 1. The molecule has 0 aromatic carbocycles. The average Bonchev–Trinajstić information content (AvgIpc) is 3.09. The number of Topliss-reactive ketones (excluding diaryl/α,β-unsaturated/α-hetero) is 1. The van der Waals surface area contributed by atoms with Gasteiger partial charge in [-0.1, -0.05) is 6.92 Å². The number of methoxy groups -OCH3 is 1. The number of aromatic nitrogens is 3. The molecule has 34 heavy (non-hydrogen) atoms. The Morgan fingerprint density at radius 2 is 1.91 bits per heavy atom. The fourth-order valence-corrected chi connectivity index (χ4v) is 9.95. The molecule has 2 aromatic heterocycles. The Morgan fingerprint density at radius 3 is 2.76 bits per heavy atom. The highest BCUT2D eigenvalue weighted by Gasteiger charge is 2.72. The minimum Gasteiger partial charge on any atom is -0.387 e. The first-order valence-electron chi connectivity index (χ1n) is 13.5. The van der Waals surface area contributed by atoms with Crippen LogP contribution in [0.4, 0.5) is 0 Å². The monoisotopic (exact) mass is 463 g/mol. The van der Waals surface area contributed by atoms with E-state index >= 15 is 0 Å². The molecule has 6 heteroatoms. The van der Waals surface area contributed by atoms with E-state index < -0.39 is 5.60 Å². The van der Waals surface area contributed by atoms with E-state index in [-0.39, 0.29) is 17.4 Å². The van der Waals surface area contributed by atoms with Crippen LogP contribution in [0, 0.1) is 46.8 Å². The number of nitrogens with zero attached hydrogens (tertiary/aromatic N) is 3. The van der Waals surface area contributed by atoms with Gasteiger partial charge in [0.05, 0.1) is 23.4 Å². The zero-order chi connectivity index (χ0) is 23.2. The molecule has 2 heterocycles. The van der Waals surface area contributed by atoms with Crippen molar-refractivity contribution in [1.82, 2.24) is 14.8 Å². The maximum Gasteiger partial charge on any atom is 0.157 e. The first kappa shape index (κ1) is 21.5. The van der Waals surface area contributed by atoms with Crippen molar-refractivity contribution in [3.05, 3.63) is 24.5 Å². The number of fused-ring (bicyclic) bond motifs is 8. The van der Waals surface area contributed by atoms with Gasteiger partial charge in [0, 0.05) is 25.1 Å². The molecule has 1 N–H and O–H groups in total. The summed E-state index contributed by atoms with van der Waals surface area (Å²) in [4.78, 5) is 18.0. The van der Waals surface area contributed by atoms with Gasteiger partial charge in [-0.15, -0.1) is 0 Å². The van der Waals surface area contributed by atoms with Crippen molar-refractivity contribution >= 4 is 16.8 Å². The predicted octanol–water partition coefficient (Wildman–Crippen LogP) is 4.26. The Balaban J connectivity index is 1.09. The zero-order valence-corrected chi connectivity index (χ0v) is 20.4. The third kappa shape index (κ3) is 2.78. The van der Waals surface area contributed by atoms with E-state index in [0.29, 0.717) is 30.1 Å². The zero-order valence-electron chi connectivity index (χ0n) is 20.4. The van der Waals surface area contributed by atoms with Crippen LogP contribution in [0.25, 0.3) is 11.0 Å². The normalized spacial score (nSPS) is 46.9. The lowest BCUT2D eigenvalue weighted by atomic mass is 9.49. The van der Waals surface area contributed by atoms with E-state index in [1.165, 1.54) is 32.1 Å². The van der Waals surface area contributed by atoms with Gasteiger partial charge in [0.2, 0.25) is 0 Å². The molecular weight excluding hydrogens is 426 g/mol. The maximum atomic E-state index is 13.6. The quantitative estimate of drug-likeness (QED) is 0.733. The summed E-state index contributed by atoms with van der Waals surface area (Å²) in [5.41, 5.74) is 1.39. The fraction of sp³-hybridized carbons (Fsp3) is 0.750. The predicted molar refractivity (Wildman–Crippen MR) is 128 cm³/mol. The fourth-order valence-electron chi connectivity index (χ4n) is 9.95. The smallest absolute Gasteiger partial charge is 0.157 e. The lowest BCUT2D eigenvalue weighted by molar-refractivity contribution is -0.131. The molecule has 0 radical (unpaired) electrons. The van der Waals surface area contributed by atoms with Crippen LogP contribution >= 0.6 is 0 Å². The van der Waals surface area contributed by atoms with Crippen molar-refractivity contribution in [3.8, 4) is 0 Å². The lowest BCUT2D eigenvalue weighted by Crippen LogP contribution is -2.50. The third-order valence-electron chi connectivity index (χ3n) is 11.4. The van der Waals surface area contributed by atoms with Crippen molar-refractivity contribution in [2.45, 2.75) is 76.5 Å². The minimum absolute atomic E-state index is 0.0648. The number of ether oxygens (including phenoxy) is 1. The molecule has 5 aliphatic rings. The van der Waals surface area contributed by atoms with Crippen LogP contribution in [-0.4, -0.2) is 44.5 Å². The molecule has 7 rings (SSSR count). The molecule has 5 aliphatic carbocycles. The molecule has 2 unspecified atom stereocenters. The van der Waals surface area contributed by atoms with Gasteiger partial charge >= 0.3 is 0 Å². The van der Waals surface area contributed by atoms with Crippen molar-refractivity contribution < 1.29 is 14.6 Å². The van der Waals surface area contributed by atoms with E-state index in [4.69, 9.17) is 4.74 Å². The lowest BCUT2D eigenvalue weighted by Gasteiger charge is -2.55. The Morgan fingerprint density at radius 1 is 1.12 bits per heavy atom. The Labute approximate surface area is 201 Å². The van der Waals surface area contributed by atoms with Crippen LogP contribution in [-0.2, 0) is 16.1 Å². The summed E-state index contributed by atoms with van der Waals surface area (Å²) in [5.74, 6) is 4.42. The molecule has 0 saturated heterocycles. The second kappa shape index (κ2) is 7.36. The molecule has 182 valence electrons. The number of pyridine rings is 1. The molecule has 5 fully saturated rings. The van der Waals surface area contributed by atoms with Crippen LogP contribution < -0.4 is 0 Å². The summed E-state index contributed by atoms with van der Waals surface area (Å²) in [7, 11) is 1.77. The van der Waals surface area contributed by atoms with Crippen LogP contribution in [0.1, 0.15) is 58.3 Å². The van der Waals surface area contributed by atoms with Crippen molar-refractivity contribution in [1.29, 1.82) is 0 Å². The summed E-state index contributed by atoms with van der Waals surface area (Å²) >= 11 is 0. The highest BCUT2D eigenvalue weighted by molar-refractivity contribution is 5.84. The molecular formula is C28H37N3O3. The van der Waals surface area contributed by atoms with E-state index in [1.807, 2.05) is 16.8 Å². The van der Waals surface area contributed by atoms with Crippen molar-refractivity contribution in [3.63, 3.8) is 0 Å². The number of aliphatic hydroxyl groups is 1. The molecule has 10 atom stereocenters. The van der Waals surface area contributed by atoms with E-state index in [2.05, 4.69) is 17.0 Å². The molecule has 2 aromatic rings. The van der Waals surface area contributed by atoms with Crippen molar-refractivity contribution in [2.24, 2.45) is 46.8 Å². The second-order valence-electron chi connectivity index (χ2n) is 12.4. The molecule has 0 aliphatic heterocycles. The molecule has 0 spiro atoms. The van der Waals surface area contributed by atoms with Crippen LogP contribution in [0.5, 0.6) is 0 Å². The number of rotatable bonds is 4. The topological polar surface area (TPSA) is 77.2 Å². The standard InChI is InChI=1S/C28H37N3O3/c1-27-11-9-16-17-10-12-28(33)25(26(28)34-2)19(17)6-5-18(16)20(27)7-8-21(27)24(32)15-31-23-4-3-13-29-22(23)14-30-31/h3-4,13-14,16-21,25-26,33H,5-12,15H2,1-2H3/t16-,17-,18-,19-,20+,21-,25?,26?,27+,28-/m1/s1.